The summed E-state index contributed by atoms with van der Waals surface area (Å²) in [7, 11) is 0. The van der Waals surface area contributed by atoms with Gasteiger partial charge >= 0.3 is 0 Å². The van der Waals surface area contributed by atoms with Crippen molar-refractivity contribution >= 4 is 10.9 Å². The maximum absolute atomic E-state index is 9.31. The lowest BCUT2D eigenvalue weighted by Crippen LogP contribution is -1.99. The minimum absolute atomic E-state index is 0.0648. The summed E-state index contributed by atoms with van der Waals surface area (Å²) in [4.78, 5) is 4.55. The predicted octanol–water partition coefficient (Wildman–Crippen LogP) is 4.65. The zero-order valence-corrected chi connectivity index (χ0v) is 14.9. The summed E-state index contributed by atoms with van der Waals surface area (Å²) in [5, 5.41) is 14.7. The molecule has 2 aromatic heterocycles. The number of aliphatic hydroxyl groups is 1. The minimum Gasteiger partial charge on any atom is -0.511 e. The van der Waals surface area contributed by atoms with Crippen LogP contribution in [0.25, 0.3) is 22.4 Å². The number of aryl methyl sites for hydroxylation is 1. The largest absolute Gasteiger partial charge is 0.511 e. The summed E-state index contributed by atoms with van der Waals surface area (Å²) < 4.78 is 13.3. The van der Waals surface area contributed by atoms with Gasteiger partial charge in [-0.05, 0) is 31.2 Å². The SMILES string of the molecule is C=C(O)Cn1cc2ccc(OCc3nc(-c4ccccc4)oc3C)cc2n1. The molecule has 0 bridgehead atoms. The molecule has 2 heterocycles. The van der Waals surface area contributed by atoms with Crippen LogP contribution in [0.3, 0.4) is 0 Å². The van der Waals surface area contributed by atoms with Gasteiger partial charge in [-0.1, -0.05) is 24.8 Å². The molecule has 27 heavy (non-hydrogen) atoms. The van der Waals surface area contributed by atoms with E-state index in [0.29, 0.717) is 18.2 Å². The lowest BCUT2D eigenvalue weighted by molar-refractivity contribution is 0.300. The monoisotopic (exact) mass is 361 g/mol. The molecular formula is C21H19N3O3. The van der Waals surface area contributed by atoms with Gasteiger partial charge in [-0.25, -0.2) is 4.98 Å². The van der Waals surface area contributed by atoms with E-state index in [1.807, 2.05) is 61.7 Å². The van der Waals surface area contributed by atoms with Crippen LogP contribution in [0, 0.1) is 6.92 Å². The van der Waals surface area contributed by atoms with Gasteiger partial charge in [0.15, 0.2) is 0 Å². The van der Waals surface area contributed by atoms with Gasteiger partial charge in [0.2, 0.25) is 5.89 Å². The molecule has 0 unspecified atom stereocenters. The number of hydrogen-bond donors (Lipinski definition) is 1. The van der Waals surface area contributed by atoms with E-state index < -0.39 is 0 Å². The molecule has 6 nitrogen and oxygen atoms in total. The van der Waals surface area contributed by atoms with Crippen LogP contribution in [0.5, 0.6) is 5.75 Å². The normalized spacial score (nSPS) is 11.0. The van der Waals surface area contributed by atoms with Crippen molar-refractivity contribution in [2.24, 2.45) is 0 Å². The molecule has 4 aromatic rings. The second kappa shape index (κ2) is 6.99. The highest BCUT2D eigenvalue weighted by molar-refractivity contribution is 5.79. The van der Waals surface area contributed by atoms with Crippen molar-refractivity contribution in [3.05, 3.63) is 78.5 Å². The van der Waals surface area contributed by atoms with Crippen LogP contribution >= 0.6 is 0 Å². The Bertz CT molecular complexity index is 1100. The first-order valence-corrected chi connectivity index (χ1v) is 8.57. The standard InChI is InChI=1S/C21H19N3O3/c1-14(25)11-24-12-17-8-9-18(10-19(17)23-24)26-13-20-15(2)27-21(22-20)16-6-4-3-5-7-16/h3-10,12,25H,1,11,13H2,2H3. The first-order chi connectivity index (χ1) is 13.1. The van der Waals surface area contributed by atoms with E-state index in [-0.39, 0.29) is 12.3 Å². The Morgan fingerprint density at radius 3 is 2.81 bits per heavy atom. The van der Waals surface area contributed by atoms with E-state index in [1.54, 1.807) is 4.68 Å². The summed E-state index contributed by atoms with van der Waals surface area (Å²) in [6, 6.07) is 15.4. The quantitative estimate of drug-likeness (QED) is 0.506. The first kappa shape index (κ1) is 16.9. The number of hydrogen-bond acceptors (Lipinski definition) is 5. The Labute approximate surface area is 156 Å². The van der Waals surface area contributed by atoms with Crippen LogP contribution in [0.1, 0.15) is 11.5 Å². The molecule has 136 valence electrons. The number of nitrogens with zero attached hydrogens (tertiary/aromatic N) is 3. The summed E-state index contributed by atoms with van der Waals surface area (Å²) in [6.45, 7) is 5.94. The second-order valence-corrected chi connectivity index (χ2v) is 6.29. The van der Waals surface area contributed by atoms with Crippen LogP contribution < -0.4 is 4.74 Å². The topological polar surface area (TPSA) is 73.3 Å². The van der Waals surface area contributed by atoms with Crippen molar-refractivity contribution < 1.29 is 14.3 Å². The fourth-order valence-electron chi connectivity index (χ4n) is 2.82. The summed E-state index contributed by atoms with van der Waals surface area (Å²) in [5.74, 6) is 2.08. The van der Waals surface area contributed by atoms with Crippen molar-refractivity contribution in [3.8, 4) is 17.2 Å². The molecule has 0 spiro atoms. The summed E-state index contributed by atoms with van der Waals surface area (Å²) >= 11 is 0. The van der Waals surface area contributed by atoms with E-state index in [9.17, 15) is 5.11 Å². The highest BCUT2D eigenvalue weighted by atomic mass is 16.5. The molecule has 0 saturated heterocycles. The molecule has 0 amide bonds. The van der Waals surface area contributed by atoms with Crippen molar-refractivity contribution in [2.75, 3.05) is 0 Å². The zero-order chi connectivity index (χ0) is 18.8. The molecule has 1 N–H and O–H groups in total. The molecule has 0 aliphatic carbocycles. The third-order valence-corrected chi connectivity index (χ3v) is 4.16. The smallest absolute Gasteiger partial charge is 0.226 e. The average molecular weight is 361 g/mol. The van der Waals surface area contributed by atoms with E-state index >= 15 is 0 Å². The number of oxazole rings is 1. The number of benzene rings is 2. The Hall–Kier alpha value is -3.54. The number of fused-ring (bicyclic) bond motifs is 1. The first-order valence-electron chi connectivity index (χ1n) is 8.57. The van der Waals surface area contributed by atoms with Gasteiger partial charge in [0, 0.05) is 23.2 Å². The van der Waals surface area contributed by atoms with Crippen LogP contribution in [0.2, 0.25) is 0 Å². The Morgan fingerprint density at radius 1 is 1.22 bits per heavy atom. The van der Waals surface area contributed by atoms with Gasteiger partial charge in [0.25, 0.3) is 0 Å². The summed E-state index contributed by atoms with van der Waals surface area (Å²) in [6.07, 6.45) is 1.86. The molecule has 0 fully saturated rings. The van der Waals surface area contributed by atoms with Crippen molar-refractivity contribution in [1.29, 1.82) is 0 Å². The lowest BCUT2D eigenvalue weighted by atomic mass is 10.2. The zero-order valence-electron chi connectivity index (χ0n) is 14.9. The number of aromatic nitrogens is 3. The number of rotatable bonds is 6. The Morgan fingerprint density at radius 2 is 2.04 bits per heavy atom. The maximum Gasteiger partial charge on any atom is 0.226 e. The maximum atomic E-state index is 9.31. The third-order valence-electron chi connectivity index (χ3n) is 4.16. The minimum atomic E-state index is 0.0648. The molecule has 0 atom stereocenters. The van der Waals surface area contributed by atoms with Crippen molar-refractivity contribution in [2.45, 2.75) is 20.1 Å². The molecule has 0 saturated carbocycles. The van der Waals surface area contributed by atoms with Crippen LogP contribution in [0.15, 0.2) is 71.5 Å². The van der Waals surface area contributed by atoms with Crippen molar-refractivity contribution in [1.82, 2.24) is 14.8 Å². The van der Waals surface area contributed by atoms with Gasteiger partial charge in [-0.2, -0.15) is 5.10 Å². The van der Waals surface area contributed by atoms with Crippen LogP contribution in [-0.2, 0) is 13.2 Å². The molecule has 2 aromatic carbocycles. The highest BCUT2D eigenvalue weighted by Gasteiger charge is 2.12. The molecule has 0 aliphatic heterocycles. The van der Waals surface area contributed by atoms with Gasteiger partial charge < -0.3 is 14.3 Å². The fourth-order valence-corrected chi connectivity index (χ4v) is 2.82. The Balaban J connectivity index is 1.50. The second-order valence-electron chi connectivity index (χ2n) is 6.29. The Kier molecular flexibility index (Phi) is 4.38. The molecule has 0 aliphatic rings. The van der Waals surface area contributed by atoms with Gasteiger partial charge in [0.05, 0.1) is 12.1 Å². The molecule has 0 radical (unpaired) electrons. The van der Waals surface area contributed by atoms with Crippen LogP contribution in [0.4, 0.5) is 0 Å². The van der Waals surface area contributed by atoms with Gasteiger partial charge in [0.1, 0.15) is 29.6 Å². The van der Waals surface area contributed by atoms with E-state index in [1.165, 1.54) is 0 Å². The lowest BCUT2D eigenvalue weighted by Gasteiger charge is -2.04. The van der Waals surface area contributed by atoms with Crippen LogP contribution in [-0.4, -0.2) is 19.9 Å². The number of ether oxygens (including phenoxy) is 1. The van der Waals surface area contributed by atoms with E-state index in [2.05, 4.69) is 16.7 Å². The molecule has 6 heteroatoms. The van der Waals surface area contributed by atoms with E-state index in [4.69, 9.17) is 9.15 Å². The predicted molar refractivity (Wildman–Crippen MR) is 103 cm³/mol. The average Bonchev–Trinajstić information content (AvgIpc) is 3.22. The number of allylic oxidation sites excluding steroid dienone is 1. The molecule has 4 rings (SSSR count). The van der Waals surface area contributed by atoms with E-state index in [0.717, 1.165) is 27.9 Å². The fraction of sp³-hybridized carbons (Fsp3) is 0.143. The highest BCUT2D eigenvalue weighted by Crippen LogP contribution is 2.24. The van der Waals surface area contributed by atoms with Crippen molar-refractivity contribution in [3.63, 3.8) is 0 Å². The summed E-state index contributed by atoms with van der Waals surface area (Å²) in [5.41, 5.74) is 2.48. The van der Waals surface area contributed by atoms with Gasteiger partial charge in [-0.15, -0.1) is 0 Å². The molecular weight excluding hydrogens is 342 g/mol. The number of aliphatic hydroxyl groups excluding tert-OH is 1. The third kappa shape index (κ3) is 3.69. The van der Waals surface area contributed by atoms with Gasteiger partial charge in [-0.3, -0.25) is 4.68 Å².